The first-order valence-electron chi connectivity index (χ1n) is 7.20. The highest BCUT2D eigenvalue weighted by Gasteiger charge is 2.31. The second kappa shape index (κ2) is 5.23. The fourth-order valence-electron chi connectivity index (χ4n) is 2.70. The van der Waals surface area contributed by atoms with Gasteiger partial charge in [0.05, 0.1) is 11.3 Å². The Morgan fingerprint density at radius 2 is 2.20 bits per heavy atom. The molecule has 2 amide bonds. The van der Waals surface area contributed by atoms with Crippen LogP contribution in [0.4, 0.5) is 0 Å². The van der Waals surface area contributed by atoms with E-state index in [2.05, 4.69) is 15.6 Å². The molecule has 3 rings (SSSR count). The molecule has 2 fully saturated rings. The van der Waals surface area contributed by atoms with Gasteiger partial charge in [-0.1, -0.05) is 0 Å². The second-order valence-corrected chi connectivity index (χ2v) is 5.69. The summed E-state index contributed by atoms with van der Waals surface area (Å²) in [6.07, 6.45) is 5.14. The number of carbonyl (C=O) groups excluding carboxylic acids is 2. The Kier molecular flexibility index (Phi) is 3.42. The van der Waals surface area contributed by atoms with Gasteiger partial charge in [-0.3, -0.25) is 14.6 Å². The summed E-state index contributed by atoms with van der Waals surface area (Å²) in [4.78, 5) is 28.1. The Morgan fingerprint density at radius 1 is 1.40 bits per heavy atom. The molecule has 1 saturated heterocycles. The van der Waals surface area contributed by atoms with E-state index in [1.807, 2.05) is 13.0 Å². The van der Waals surface area contributed by atoms with Crippen LogP contribution in [-0.4, -0.2) is 28.9 Å². The number of hydrogen-bond donors (Lipinski definition) is 2. The SMILES string of the molecule is CC1NC(=O)CCC1NC(=O)c1cccnc1C1CC1. The topological polar surface area (TPSA) is 71.1 Å². The van der Waals surface area contributed by atoms with Crippen molar-refractivity contribution in [2.45, 2.75) is 50.6 Å². The van der Waals surface area contributed by atoms with Crippen molar-refractivity contribution in [2.75, 3.05) is 0 Å². The largest absolute Gasteiger partial charge is 0.352 e. The average Bonchev–Trinajstić information content (AvgIpc) is 3.26. The first-order chi connectivity index (χ1) is 9.65. The standard InChI is InChI=1S/C15H19N3O2/c1-9-12(6-7-13(19)17-9)18-15(20)11-3-2-8-16-14(11)10-4-5-10/h2-3,8-10,12H,4-7H2,1H3,(H,17,19)(H,18,20). The number of hydrogen-bond acceptors (Lipinski definition) is 3. The lowest BCUT2D eigenvalue weighted by atomic mass is 9.98. The van der Waals surface area contributed by atoms with Gasteiger partial charge in [-0.2, -0.15) is 0 Å². The van der Waals surface area contributed by atoms with Crippen molar-refractivity contribution in [3.8, 4) is 0 Å². The molecule has 2 unspecified atom stereocenters. The van der Waals surface area contributed by atoms with Crippen LogP contribution in [0.2, 0.25) is 0 Å². The van der Waals surface area contributed by atoms with Gasteiger partial charge in [0.15, 0.2) is 0 Å². The molecule has 1 aromatic heterocycles. The van der Waals surface area contributed by atoms with Crippen molar-refractivity contribution in [2.24, 2.45) is 0 Å². The summed E-state index contributed by atoms with van der Waals surface area (Å²) in [5.74, 6) is 0.427. The maximum absolute atomic E-state index is 12.4. The highest BCUT2D eigenvalue weighted by atomic mass is 16.2. The maximum atomic E-state index is 12.4. The summed E-state index contributed by atoms with van der Waals surface area (Å²) in [5.41, 5.74) is 1.59. The fraction of sp³-hybridized carbons (Fsp3) is 0.533. The zero-order valence-electron chi connectivity index (χ0n) is 11.6. The van der Waals surface area contributed by atoms with E-state index in [0.29, 0.717) is 24.3 Å². The third-order valence-corrected chi connectivity index (χ3v) is 4.04. The maximum Gasteiger partial charge on any atom is 0.253 e. The van der Waals surface area contributed by atoms with E-state index in [0.717, 1.165) is 18.5 Å². The van der Waals surface area contributed by atoms with E-state index in [9.17, 15) is 9.59 Å². The molecule has 1 aromatic rings. The van der Waals surface area contributed by atoms with E-state index >= 15 is 0 Å². The van der Waals surface area contributed by atoms with Crippen LogP contribution in [0.15, 0.2) is 18.3 Å². The molecule has 0 aromatic carbocycles. The monoisotopic (exact) mass is 273 g/mol. The quantitative estimate of drug-likeness (QED) is 0.873. The predicted molar refractivity (Wildman–Crippen MR) is 74.3 cm³/mol. The number of carbonyl (C=O) groups is 2. The summed E-state index contributed by atoms with van der Waals surface area (Å²) in [7, 11) is 0. The van der Waals surface area contributed by atoms with Gasteiger partial charge in [0, 0.05) is 30.6 Å². The lowest BCUT2D eigenvalue weighted by Crippen LogP contribution is -2.54. The molecule has 5 heteroatoms. The molecule has 2 atom stereocenters. The molecular formula is C15H19N3O2. The summed E-state index contributed by atoms with van der Waals surface area (Å²) in [5, 5.41) is 5.90. The van der Waals surface area contributed by atoms with Crippen LogP contribution >= 0.6 is 0 Å². The highest BCUT2D eigenvalue weighted by molar-refractivity contribution is 5.96. The van der Waals surface area contributed by atoms with E-state index in [-0.39, 0.29) is 23.9 Å². The van der Waals surface area contributed by atoms with E-state index in [4.69, 9.17) is 0 Å². The van der Waals surface area contributed by atoms with Gasteiger partial charge < -0.3 is 10.6 Å². The van der Waals surface area contributed by atoms with Gasteiger partial charge in [0.25, 0.3) is 5.91 Å². The van der Waals surface area contributed by atoms with Crippen LogP contribution in [0.3, 0.4) is 0 Å². The molecular weight excluding hydrogens is 254 g/mol. The summed E-state index contributed by atoms with van der Waals surface area (Å²) in [6, 6.07) is 3.60. The van der Waals surface area contributed by atoms with Crippen LogP contribution in [0.25, 0.3) is 0 Å². The number of rotatable bonds is 3. The first-order valence-corrected chi connectivity index (χ1v) is 7.20. The predicted octanol–water partition coefficient (Wildman–Crippen LogP) is 1.36. The average molecular weight is 273 g/mol. The third-order valence-electron chi connectivity index (χ3n) is 4.04. The molecule has 1 saturated carbocycles. The van der Waals surface area contributed by atoms with Gasteiger partial charge in [-0.15, -0.1) is 0 Å². The van der Waals surface area contributed by atoms with E-state index in [1.54, 1.807) is 12.3 Å². The van der Waals surface area contributed by atoms with Crippen LogP contribution in [0, 0.1) is 0 Å². The lowest BCUT2D eigenvalue weighted by Gasteiger charge is -2.30. The van der Waals surface area contributed by atoms with Crippen LogP contribution in [-0.2, 0) is 4.79 Å². The normalized spacial score (nSPS) is 25.9. The zero-order chi connectivity index (χ0) is 14.1. The zero-order valence-corrected chi connectivity index (χ0v) is 11.6. The number of nitrogens with zero attached hydrogens (tertiary/aromatic N) is 1. The van der Waals surface area contributed by atoms with Crippen LogP contribution < -0.4 is 10.6 Å². The third kappa shape index (κ3) is 2.66. The molecule has 0 radical (unpaired) electrons. The molecule has 1 aliphatic heterocycles. The minimum absolute atomic E-state index is 0.00698. The van der Waals surface area contributed by atoms with E-state index < -0.39 is 0 Å². The Balaban J connectivity index is 1.72. The molecule has 20 heavy (non-hydrogen) atoms. The van der Waals surface area contributed by atoms with Crippen molar-refractivity contribution in [1.29, 1.82) is 0 Å². The van der Waals surface area contributed by atoms with Gasteiger partial charge in [-0.05, 0) is 38.3 Å². The Bertz CT molecular complexity index is 540. The molecule has 2 heterocycles. The number of amides is 2. The van der Waals surface area contributed by atoms with Crippen molar-refractivity contribution in [3.63, 3.8) is 0 Å². The minimum atomic E-state index is -0.0759. The van der Waals surface area contributed by atoms with Crippen LogP contribution in [0.1, 0.15) is 54.6 Å². The van der Waals surface area contributed by atoms with Gasteiger partial charge in [0.1, 0.15) is 0 Å². The molecule has 5 nitrogen and oxygen atoms in total. The molecule has 106 valence electrons. The van der Waals surface area contributed by atoms with Crippen LogP contribution in [0.5, 0.6) is 0 Å². The van der Waals surface area contributed by atoms with Gasteiger partial charge in [-0.25, -0.2) is 0 Å². The molecule has 2 N–H and O–H groups in total. The second-order valence-electron chi connectivity index (χ2n) is 5.69. The minimum Gasteiger partial charge on any atom is -0.352 e. The van der Waals surface area contributed by atoms with E-state index in [1.165, 1.54) is 0 Å². The number of piperidine rings is 1. The van der Waals surface area contributed by atoms with Crippen molar-refractivity contribution in [3.05, 3.63) is 29.6 Å². The highest BCUT2D eigenvalue weighted by Crippen LogP contribution is 2.40. The van der Waals surface area contributed by atoms with Gasteiger partial charge >= 0.3 is 0 Å². The molecule has 0 spiro atoms. The molecule has 2 aliphatic rings. The number of pyridine rings is 1. The summed E-state index contributed by atoms with van der Waals surface area (Å²) < 4.78 is 0. The first kappa shape index (κ1) is 13.1. The summed E-state index contributed by atoms with van der Waals surface area (Å²) >= 11 is 0. The number of aromatic nitrogens is 1. The Labute approximate surface area is 118 Å². The Morgan fingerprint density at radius 3 is 2.90 bits per heavy atom. The van der Waals surface area contributed by atoms with Crippen molar-refractivity contribution >= 4 is 11.8 Å². The van der Waals surface area contributed by atoms with Gasteiger partial charge in [0.2, 0.25) is 5.91 Å². The Hall–Kier alpha value is -1.91. The summed E-state index contributed by atoms with van der Waals surface area (Å²) in [6.45, 7) is 1.92. The molecule has 1 aliphatic carbocycles. The smallest absolute Gasteiger partial charge is 0.253 e. The molecule has 0 bridgehead atoms. The lowest BCUT2D eigenvalue weighted by molar-refractivity contribution is -0.123. The fourth-order valence-corrected chi connectivity index (χ4v) is 2.70. The number of nitrogens with one attached hydrogen (secondary N) is 2. The van der Waals surface area contributed by atoms with Crippen molar-refractivity contribution in [1.82, 2.24) is 15.6 Å². The van der Waals surface area contributed by atoms with Crippen molar-refractivity contribution < 1.29 is 9.59 Å².